The van der Waals surface area contributed by atoms with E-state index in [0.717, 1.165) is 6.54 Å². The predicted octanol–water partition coefficient (Wildman–Crippen LogP) is 0.242. The van der Waals surface area contributed by atoms with Crippen molar-refractivity contribution in [1.82, 2.24) is 9.80 Å². The summed E-state index contributed by atoms with van der Waals surface area (Å²) in [7, 11) is 10.3. The van der Waals surface area contributed by atoms with Crippen LogP contribution in [0.25, 0.3) is 0 Å². The first kappa shape index (κ1) is 10.3. The lowest BCUT2D eigenvalue weighted by Gasteiger charge is -2.25. The van der Waals surface area contributed by atoms with Gasteiger partial charge in [0, 0.05) is 16.0 Å². The molecule has 62 valence electrons. The zero-order chi connectivity index (χ0) is 8.15. The first-order valence-electron chi connectivity index (χ1n) is 3.24. The van der Waals surface area contributed by atoms with Crippen LogP contribution in [0.1, 0.15) is 0 Å². The van der Waals surface area contributed by atoms with Crippen molar-refractivity contribution in [3.05, 3.63) is 0 Å². The maximum absolute atomic E-state index is 5.12. The summed E-state index contributed by atoms with van der Waals surface area (Å²) in [6.07, 6.45) is 0.167. The average Bonchev–Trinajstić information content (AvgIpc) is 1.81. The molecule has 0 saturated carbocycles. The molecular formula is C6H17N2OP. The summed E-state index contributed by atoms with van der Waals surface area (Å²) in [5.74, 6) is 0. The van der Waals surface area contributed by atoms with E-state index in [1.807, 2.05) is 33.1 Å². The first-order chi connectivity index (χ1) is 4.57. The Morgan fingerprint density at radius 1 is 1.30 bits per heavy atom. The van der Waals surface area contributed by atoms with Gasteiger partial charge >= 0.3 is 0 Å². The summed E-state index contributed by atoms with van der Waals surface area (Å²) >= 11 is 0. The second-order valence-electron chi connectivity index (χ2n) is 2.82. The van der Waals surface area contributed by atoms with Crippen LogP contribution >= 0.6 is 9.47 Å². The van der Waals surface area contributed by atoms with Crippen LogP contribution in [0.3, 0.4) is 0 Å². The molecule has 0 aromatic rings. The van der Waals surface area contributed by atoms with Crippen molar-refractivity contribution in [2.75, 3.05) is 34.7 Å². The van der Waals surface area contributed by atoms with Crippen molar-refractivity contribution in [1.29, 1.82) is 0 Å². The van der Waals surface area contributed by atoms with Crippen molar-refractivity contribution in [3.8, 4) is 0 Å². The molecule has 0 aliphatic carbocycles. The molecule has 0 aromatic heterocycles. The van der Waals surface area contributed by atoms with Crippen LogP contribution < -0.4 is 0 Å². The normalized spacial score (nSPS) is 14.7. The summed E-state index contributed by atoms with van der Waals surface area (Å²) in [5.41, 5.74) is 0. The van der Waals surface area contributed by atoms with E-state index in [4.69, 9.17) is 4.52 Å². The number of likely N-dealkylation sites (N-methyl/N-ethyl adjacent to an activating group) is 2. The SMILES string of the molecule is CN(C)CC(OP)N(C)C. The minimum absolute atomic E-state index is 0.167. The van der Waals surface area contributed by atoms with Crippen LogP contribution in [0.2, 0.25) is 0 Å². The number of nitrogens with zero attached hydrogens (tertiary/aromatic N) is 2. The van der Waals surface area contributed by atoms with Gasteiger partial charge in [-0.15, -0.1) is 0 Å². The average molecular weight is 164 g/mol. The van der Waals surface area contributed by atoms with E-state index < -0.39 is 0 Å². The third-order valence-corrected chi connectivity index (χ3v) is 1.57. The molecule has 2 atom stereocenters. The van der Waals surface area contributed by atoms with E-state index in [-0.39, 0.29) is 6.23 Å². The number of hydrogen-bond acceptors (Lipinski definition) is 3. The molecule has 0 bridgehead atoms. The van der Waals surface area contributed by atoms with Gasteiger partial charge in [0.2, 0.25) is 0 Å². The van der Waals surface area contributed by atoms with Crippen LogP contribution in [-0.4, -0.2) is 50.8 Å². The molecular weight excluding hydrogens is 147 g/mol. The minimum atomic E-state index is 0.167. The quantitative estimate of drug-likeness (QED) is 0.437. The van der Waals surface area contributed by atoms with Crippen LogP contribution in [0.5, 0.6) is 0 Å². The molecule has 0 fully saturated rings. The summed E-state index contributed by atoms with van der Waals surface area (Å²) in [6, 6.07) is 0. The van der Waals surface area contributed by atoms with Gasteiger partial charge in [-0.2, -0.15) is 0 Å². The Hall–Kier alpha value is 0.310. The van der Waals surface area contributed by atoms with Gasteiger partial charge in [0.1, 0.15) is 6.23 Å². The molecule has 0 N–H and O–H groups in total. The second kappa shape index (κ2) is 5.03. The van der Waals surface area contributed by atoms with Crippen molar-refractivity contribution >= 4 is 9.47 Å². The number of hydrogen-bond donors (Lipinski definition) is 0. The van der Waals surface area contributed by atoms with Gasteiger partial charge < -0.3 is 9.42 Å². The molecule has 2 unspecified atom stereocenters. The smallest absolute Gasteiger partial charge is 0.126 e. The maximum atomic E-state index is 5.12. The lowest BCUT2D eigenvalue weighted by atomic mass is 10.5. The lowest BCUT2D eigenvalue weighted by molar-refractivity contribution is 0.0587. The van der Waals surface area contributed by atoms with Gasteiger partial charge in [-0.3, -0.25) is 4.90 Å². The standard InChI is InChI=1S/C6H17N2OP/c1-7(2)5-6(9-10)8(3)4/h6H,5,10H2,1-4H3. The molecule has 0 rings (SSSR count). The highest BCUT2D eigenvalue weighted by Crippen LogP contribution is 2.01. The summed E-state index contributed by atoms with van der Waals surface area (Å²) in [4.78, 5) is 4.13. The molecule has 0 saturated heterocycles. The molecule has 0 aliphatic heterocycles. The summed E-state index contributed by atoms with van der Waals surface area (Å²) in [6.45, 7) is 0.913. The van der Waals surface area contributed by atoms with Gasteiger partial charge in [0.15, 0.2) is 0 Å². The topological polar surface area (TPSA) is 15.7 Å². The fourth-order valence-corrected chi connectivity index (χ4v) is 0.970. The highest BCUT2D eigenvalue weighted by atomic mass is 31.0. The van der Waals surface area contributed by atoms with Crippen molar-refractivity contribution < 1.29 is 4.52 Å². The van der Waals surface area contributed by atoms with Crippen molar-refractivity contribution in [2.45, 2.75) is 6.23 Å². The Morgan fingerprint density at radius 2 is 1.80 bits per heavy atom. The van der Waals surface area contributed by atoms with Crippen LogP contribution in [0.15, 0.2) is 0 Å². The van der Waals surface area contributed by atoms with E-state index in [2.05, 4.69) is 14.4 Å². The van der Waals surface area contributed by atoms with E-state index in [1.54, 1.807) is 0 Å². The van der Waals surface area contributed by atoms with Gasteiger partial charge in [-0.05, 0) is 28.2 Å². The zero-order valence-corrected chi connectivity index (χ0v) is 8.32. The highest BCUT2D eigenvalue weighted by molar-refractivity contribution is 7.09. The summed E-state index contributed by atoms with van der Waals surface area (Å²) in [5, 5.41) is 0. The van der Waals surface area contributed by atoms with Crippen LogP contribution in [-0.2, 0) is 4.52 Å². The number of rotatable bonds is 4. The Morgan fingerprint density at radius 3 is 1.90 bits per heavy atom. The predicted molar refractivity (Wildman–Crippen MR) is 46.8 cm³/mol. The monoisotopic (exact) mass is 164 g/mol. The molecule has 0 heterocycles. The van der Waals surface area contributed by atoms with Gasteiger partial charge in [0.25, 0.3) is 0 Å². The van der Waals surface area contributed by atoms with Crippen molar-refractivity contribution in [3.63, 3.8) is 0 Å². The minimum Gasteiger partial charge on any atom is -0.346 e. The summed E-state index contributed by atoms with van der Waals surface area (Å²) < 4.78 is 5.12. The Labute approximate surface area is 65.6 Å². The molecule has 0 amide bonds. The molecule has 10 heavy (non-hydrogen) atoms. The van der Waals surface area contributed by atoms with E-state index >= 15 is 0 Å². The lowest BCUT2D eigenvalue weighted by Crippen LogP contribution is -2.37. The fraction of sp³-hybridized carbons (Fsp3) is 1.00. The molecule has 0 spiro atoms. The van der Waals surface area contributed by atoms with Crippen LogP contribution in [0.4, 0.5) is 0 Å². The maximum Gasteiger partial charge on any atom is 0.126 e. The molecule has 0 aromatic carbocycles. The largest absolute Gasteiger partial charge is 0.346 e. The highest BCUT2D eigenvalue weighted by Gasteiger charge is 2.09. The van der Waals surface area contributed by atoms with Gasteiger partial charge in [0.05, 0.1) is 0 Å². The van der Waals surface area contributed by atoms with Crippen LogP contribution in [0, 0.1) is 0 Å². The molecule has 4 heteroatoms. The second-order valence-corrected chi connectivity index (χ2v) is 3.09. The Balaban J connectivity index is 3.60. The molecule has 3 nitrogen and oxygen atoms in total. The van der Waals surface area contributed by atoms with Crippen molar-refractivity contribution in [2.24, 2.45) is 0 Å². The third-order valence-electron chi connectivity index (χ3n) is 1.25. The van der Waals surface area contributed by atoms with E-state index in [1.165, 1.54) is 0 Å². The fourth-order valence-electron chi connectivity index (χ4n) is 0.640. The molecule has 0 radical (unpaired) electrons. The van der Waals surface area contributed by atoms with Gasteiger partial charge in [-0.1, -0.05) is 0 Å². The Kier molecular flexibility index (Phi) is 5.18. The van der Waals surface area contributed by atoms with Gasteiger partial charge in [-0.25, -0.2) is 0 Å². The third kappa shape index (κ3) is 4.18. The molecule has 0 aliphatic rings. The first-order valence-corrected chi connectivity index (χ1v) is 3.71. The zero-order valence-electron chi connectivity index (χ0n) is 7.16. The van der Waals surface area contributed by atoms with E-state index in [0.29, 0.717) is 0 Å². The van der Waals surface area contributed by atoms with E-state index in [9.17, 15) is 0 Å². The Bertz CT molecular complexity index is 87.8.